The largest absolute Gasteiger partial charge is 0.444 e. The highest BCUT2D eigenvalue weighted by Crippen LogP contribution is 2.18. The third-order valence-corrected chi connectivity index (χ3v) is 3.62. The Morgan fingerprint density at radius 1 is 1.16 bits per heavy atom. The Hall–Kier alpha value is -2.01. The molecular formula is C19H27ClN2O3. The third-order valence-electron chi connectivity index (χ3n) is 3.26. The first kappa shape index (κ1) is 21.0. The molecule has 0 aromatic heterocycles. The highest BCUT2D eigenvalue weighted by atomic mass is 35.5. The zero-order chi connectivity index (χ0) is 18.9. The molecule has 0 aliphatic rings. The number of nitrogens with one attached hydrogen (secondary N) is 2. The quantitative estimate of drug-likeness (QED) is 0.723. The molecule has 0 radical (unpaired) electrons. The van der Waals surface area contributed by atoms with E-state index in [0.29, 0.717) is 24.5 Å². The van der Waals surface area contributed by atoms with Gasteiger partial charge in [-0.1, -0.05) is 48.9 Å². The van der Waals surface area contributed by atoms with Crippen molar-refractivity contribution in [2.24, 2.45) is 5.92 Å². The lowest BCUT2D eigenvalue weighted by molar-refractivity contribution is -0.124. The zero-order valence-electron chi connectivity index (χ0n) is 15.3. The monoisotopic (exact) mass is 366 g/mol. The average Bonchev–Trinajstić information content (AvgIpc) is 2.50. The number of ether oxygens (including phenoxy) is 1. The summed E-state index contributed by atoms with van der Waals surface area (Å²) < 4.78 is 5.12. The van der Waals surface area contributed by atoms with Crippen LogP contribution in [-0.2, 0) is 16.0 Å². The third kappa shape index (κ3) is 9.15. The van der Waals surface area contributed by atoms with Crippen molar-refractivity contribution in [2.45, 2.75) is 39.7 Å². The maximum atomic E-state index is 12.1. The van der Waals surface area contributed by atoms with E-state index in [1.54, 1.807) is 12.2 Å². The number of rotatable bonds is 7. The maximum Gasteiger partial charge on any atom is 0.407 e. The van der Waals surface area contributed by atoms with Crippen molar-refractivity contribution in [1.29, 1.82) is 0 Å². The minimum absolute atomic E-state index is 0.0373. The van der Waals surface area contributed by atoms with Crippen LogP contribution < -0.4 is 10.6 Å². The van der Waals surface area contributed by atoms with Crippen LogP contribution >= 0.6 is 11.6 Å². The molecule has 1 aromatic carbocycles. The first-order chi connectivity index (χ1) is 11.7. The molecule has 1 unspecified atom stereocenters. The maximum absolute atomic E-state index is 12.1. The van der Waals surface area contributed by atoms with Crippen molar-refractivity contribution in [3.05, 3.63) is 47.0 Å². The Labute approximate surface area is 154 Å². The number of carbonyl (C=O) groups excluding carboxylic acids is 2. The first-order valence-corrected chi connectivity index (χ1v) is 8.70. The molecule has 0 bridgehead atoms. The molecule has 25 heavy (non-hydrogen) atoms. The van der Waals surface area contributed by atoms with E-state index in [2.05, 4.69) is 10.6 Å². The lowest BCUT2D eigenvalue weighted by Gasteiger charge is -2.19. The average molecular weight is 367 g/mol. The number of benzene rings is 1. The minimum atomic E-state index is -0.514. The molecule has 0 spiro atoms. The summed E-state index contributed by atoms with van der Waals surface area (Å²) in [5, 5.41) is 6.13. The van der Waals surface area contributed by atoms with Crippen LogP contribution in [-0.4, -0.2) is 30.7 Å². The molecular weight excluding hydrogens is 340 g/mol. The van der Waals surface area contributed by atoms with Gasteiger partial charge in [-0.3, -0.25) is 4.79 Å². The van der Waals surface area contributed by atoms with Crippen molar-refractivity contribution in [3.63, 3.8) is 0 Å². The molecule has 2 amide bonds. The van der Waals surface area contributed by atoms with Crippen LogP contribution in [0.4, 0.5) is 4.79 Å². The number of amides is 2. The van der Waals surface area contributed by atoms with Crippen molar-refractivity contribution in [3.8, 4) is 0 Å². The van der Waals surface area contributed by atoms with Gasteiger partial charge in [0.2, 0.25) is 5.91 Å². The van der Waals surface area contributed by atoms with E-state index < -0.39 is 11.7 Å². The van der Waals surface area contributed by atoms with Gasteiger partial charge in [-0.25, -0.2) is 4.79 Å². The van der Waals surface area contributed by atoms with Crippen LogP contribution in [0.1, 0.15) is 33.3 Å². The molecule has 2 N–H and O–H groups in total. The summed E-state index contributed by atoms with van der Waals surface area (Å²) in [5.41, 5.74) is 0.448. The molecule has 0 saturated heterocycles. The summed E-state index contributed by atoms with van der Waals surface area (Å²) in [7, 11) is 0. The van der Waals surface area contributed by atoms with Crippen LogP contribution in [0.5, 0.6) is 0 Å². The Kier molecular flexibility index (Phi) is 8.49. The van der Waals surface area contributed by atoms with E-state index >= 15 is 0 Å². The van der Waals surface area contributed by atoms with E-state index in [0.717, 1.165) is 5.56 Å². The fourth-order valence-electron chi connectivity index (χ4n) is 2.04. The standard InChI is InChI=1S/C19H27ClN2O3/c1-14(13-15-9-5-6-10-16(15)20)17(23)21-11-7-8-12-22-18(24)25-19(2,3)4/h5-10,14H,11-13H2,1-4H3,(H,21,23)(H,22,24)/b8-7+. The van der Waals surface area contributed by atoms with Crippen molar-refractivity contribution in [2.75, 3.05) is 13.1 Å². The van der Waals surface area contributed by atoms with Crippen molar-refractivity contribution < 1.29 is 14.3 Å². The highest BCUT2D eigenvalue weighted by molar-refractivity contribution is 6.31. The number of carbonyl (C=O) groups is 2. The molecule has 0 fully saturated rings. The van der Waals surface area contributed by atoms with Gasteiger partial charge in [0.15, 0.2) is 0 Å². The molecule has 0 saturated carbocycles. The van der Waals surface area contributed by atoms with Crippen LogP contribution in [0.3, 0.4) is 0 Å². The normalized spacial score (nSPS) is 12.7. The van der Waals surface area contributed by atoms with E-state index in [9.17, 15) is 9.59 Å². The molecule has 0 aliphatic heterocycles. The van der Waals surface area contributed by atoms with Crippen LogP contribution in [0.15, 0.2) is 36.4 Å². The van der Waals surface area contributed by atoms with Gasteiger partial charge < -0.3 is 15.4 Å². The molecule has 6 heteroatoms. The number of alkyl carbamates (subject to hydrolysis) is 1. The van der Waals surface area contributed by atoms with Gasteiger partial charge >= 0.3 is 6.09 Å². The number of hydrogen-bond donors (Lipinski definition) is 2. The van der Waals surface area contributed by atoms with Gasteiger partial charge in [-0.05, 0) is 38.8 Å². The molecule has 0 heterocycles. The van der Waals surface area contributed by atoms with Gasteiger partial charge in [-0.2, -0.15) is 0 Å². The fourth-order valence-corrected chi connectivity index (χ4v) is 2.26. The van der Waals surface area contributed by atoms with Gasteiger partial charge in [0.05, 0.1) is 0 Å². The fraction of sp³-hybridized carbons (Fsp3) is 0.474. The van der Waals surface area contributed by atoms with Crippen molar-refractivity contribution in [1.82, 2.24) is 10.6 Å². The topological polar surface area (TPSA) is 67.4 Å². The molecule has 138 valence electrons. The highest BCUT2D eigenvalue weighted by Gasteiger charge is 2.15. The van der Waals surface area contributed by atoms with E-state index in [1.165, 1.54) is 0 Å². The summed E-state index contributed by atoms with van der Waals surface area (Å²) in [6.45, 7) is 8.04. The first-order valence-electron chi connectivity index (χ1n) is 8.32. The lowest BCUT2D eigenvalue weighted by Crippen LogP contribution is -2.32. The summed E-state index contributed by atoms with van der Waals surface area (Å²) in [6, 6.07) is 7.52. The zero-order valence-corrected chi connectivity index (χ0v) is 16.0. The molecule has 0 aliphatic carbocycles. The smallest absolute Gasteiger partial charge is 0.407 e. The lowest BCUT2D eigenvalue weighted by atomic mass is 10.0. The molecule has 1 atom stereocenters. The summed E-state index contributed by atoms with van der Waals surface area (Å²) in [5.74, 6) is -0.210. The second kappa shape index (κ2) is 10.1. The summed E-state index contributed by atoms with van der Waals surface area (Å²) in [6.07, 6.45) is 3.69. The van der Waals surface area contributed by atoms with Gasteiger partial charge in [0.25, 0.3) is 0 Å². The Balaban J connectivity index is 2.25. The SMILES string of the molecule is CC(Cc1ccccc1Cl)C(=O)NC/C=C/CNC(=O)OC(C)(C)C. The molecule has 1 aromatic rings. The number of halogens is 1. The van der Waals surface area contributed by atoms with Crippen molar-refractivity contribution >= 4 is 23.6 Å². The van der Waals surface area contributed by atoms with E-state index in [-0.39, 0.29) is 11.8 Å². The summed E-state index contributed by atoms with van der Waals surface area (Å²) in [4.78, 5) is 23.5. The Morgan fingerprint density at radius 3 is 2.36 bits per heavy atom. The molecule has 1 rings (SSSR count). The van der Waals surface area contributed by atoms with Crippen LogP contribution in [0.25, 0.3) is 0 Å². The minimum Gasteiger partial charge on any atom is -0.444 e. The predicted molar refractivity (Wildman–Crippen MR) is 101 cm³/mol. The summed E-state index contributed by atoms with van der Waals surface area (Å²) >= 11 is 6.11. The van der Waals surface area contributed by atoms with Crippen LogP contribution in [0, 0.1) is 5.92 Å². The predicted octanol–water partition coefficient (Wildman–Crippen LogP) is 3.72. The van der Waals surface area contributed by atoms with E-state index in [4.69, 9.17) is 16.3 Å². The molecule has 5 nitrogen and oxygen atoms in total. The van der Waals surface area contributed by atoms with E-state index in [1.807, 2.05) is 52.0 Å². The van der Waals surface area contributed by atoms with Gasteiger partial charge in [-0.15, -0.1) is 0 Å². The second-order valence-electron chi connectivity index (χ2n) is 6.80. The number of hydrogen-bond acceptors (Lipinski definition) is 3. The van der Waals surface area contributed by atoms with Crippen LogP contribution in [0.2, 0.25) is 5.02 Å². The second-order valence-corrected chi connectivity index (χ2v) is 7.20. The Bertz CT molecular complexity index is 609. The van der Waals surface area contributed by atoms with Gasteiger partial charge in [0, 0.05) is 24.0 Å². The van der Waals surface area contributed by atoms with Gasteiger partial charge in [0.1, 0.15) is 5.60 Å². The Morgan fingerprint density at radius 2 is 1.76 bits per heavy atom.